The molecule has 1 aromatic heterocycles. The van der Waals surface area contributed by atoms with Gasteiger partial charge in [0.2, 0.25) is 5.91 Å². The molecule has 1 fully saturated rings. The Bertz CT molecular complexity index is 463. The summed E-state index contributed by atoms with van der Waals surface area (Å²) in [5, 5.41) is 14.6. The monoisotopic (exact) mass is 279 g/mol. The average molecular weight is 279 g/mol. The molecule has 0 spiro atoms. The molecule has 5 heteroatoms. The quantitative estimate of drug-likeness (QED) is 0.917. The van der Waals surface area contributed by atoms with E-state index in [9.17, 15) is 9.90 Å². The number of hydrogen-bond acceptors (Lipinski definition) is 3. The second kappa shape index (κ2) is 5.95. The third-order valence-corrected chi connectivity index (χ3v) is 4.45. The molecule has 1 saturated carbocycles. The summed E-state index contributed by atoms with van der Waals surface area (Å²) in [7, 11) is 3.66. The van der Waals surface area contributed by atoms with E-state index >= 15 is 0 Å². The maximum Gasteiger partial charge on any atom is 0.225 e. The van der Waals surface area contributed by atoms with Gasteiger partial charge in [-0.2, -0.15) is 5.10 Å². The molecule has 0 aliphatic heterocycles. The second-order valence-electron chi connectivity index (χ2n) is 6.09. The molecule has 1 unspecified atom stereocenters. The first-order chi connectivity index (χ1) is 9.41. The van der Waals surface area contributed by atoms with Crippen LogP contribution in [0.4, 0.5) is 0 Å². The molecule has 1 aliphatic rings. The van der Waals surface area contributed by atoms with Gasteiger partial charge in [-0.05, 0) is 19.8 Å². The van der Waals surface area contributed by atoms with Crippen LogP contribution >= 0.6 is 0 Å². The molecule has 1 amide bonds. The van der Waals surface area contributed by atoms with Crippen LogP contribution in [0.1, 0.15) is 57.1 Å². The predicted molar refractivity (Wildman–Crippen MR) is 77.0 cm³/mol. The number of carbonyl (C=O) groups excluding carboxylic acids is 1. The van der Waals surface area contributed by atoms with Crippen molar-refractivity contribution in [2.75, 3.05) is 7.05 Å². The van der Waals surface area contributed by atoms with Gasteiger partial charge in [-0.15, -0.1) is 0 Å². The van der Waals surface area contributed by atoms with Gasteiger partial charge in [0.25, 0.3) is 0 Å². The lowest BCUT2D eigenvalue weighted by Gasteiger charge is -2.34. The number of amides is 1. The minimum absolute atomic E-state index is 0.00533. The first-order valence-corrected chi connectivity index (χ1v) is 7.38. The Morgan fingerprint density at radius 1 is 1.50 bits per heavy atom. The Kier molecular flexibility index (Phi) is 4.48. The summed E-state index contributed by atoms with van der Waals surface area (Å²) in [6, 6.07) is -0.0246. The molecule has 0 bridgehead atoms. The molecule has 0 aromatic carbocycles. The number of rotatable bonds is 4. The van der Waals surface area contributed by atoms with Gasteiger partial charge in [-0.25, -0.2) is 0 Å². The van der Waals surface area contributed by atoms with Gasteiger partial charge in [0.05, 0.1) is 24.3 Å². The van der Waals surface area contributed by atoms with Gasteiger partial charge in [0.1, 0.15) is 0 Å². The molecular weight excluding hydrogens is 254 g/mol. The van der Waals surface area contributed by atoms with Crippen LogP contribution in [0.15, 0.2) is 12.4 Å². The van der Waals surface area contributed by atoms with E-state index in [0.717, 1.165) is 31.2 Å². The number of nitrogens with zero attached hydrogens (tertiary/aromatic N) is 3. The summed E-state index contributed by atoms with van der Waals surface area (Å²) >= 11 is 0. The van der Waals surface area contributed by atoms with Crippen LogP contribution in [0.5, 0.6) is 0 Å². The normalized spacial score (nSPS) is 19.6. The zero-order valence-corrected chi connectivity index (χ0v) is 12.7. The van der Waals surface area contributed by atoms with E-state index in [0.29, 0.717) is 0 Å². The van der Waals surface area contributed by atoms with Crippen LogP contribution in [0, 0.1) is 0 Å². The lowest BCUT2D eigenvalue weighted by atomic mass is 9.82. The van der Waals surface area contributed by atoms with Crippen molar-refractivity contribution in [3.63, 3.8) is 0 Å². The summed E-state index contributed by atoms with van der Waals surface area (Å²) in [5.74, 6) is 0.00533. The van der Waals surface area contributed by atoms with Crippen LogP contribution < -0.4 is 0 Å². The largest absolute Gasteiger partial charge is 0.389 e. The number of aliphatic hydroxyl groups is 1. The summed E-state index contributed by atoms with van der Waals surface area (Å²) in [5.41, 5.74) is 0.220. The Hall–Kier alpha value is -1.36. The van der Waals surface area contributed by atoms with Crippen molar-refractivity contribution in [1.29, 1.82) is 0 Å². The van der Waals surface area contributed by atoms with Gasteiger partial charge in [-0.1, -0.05) is 19.3 Å². The highest BCUT2D eigenvalue weighted by Gasteiger charge is 2.33. The van der Waals surface area contributed by atoms with Crippen LogP contribution in [-0.4, -0.2) is 38.3 Å². The number of carbonyl (C=O) groups is 1. The summed E-state index contributed by atoms with van der Waals surface area (Å²) in [6.45, 7) is 1.99. The van der Waals surface area contributed by atoms with Crippen molar-refractivity contribution in [3.05, 3.63) is 18.0 Å². The first-order valence-electron chi connectivity index (χ1n) is 7.38. The van der Waals surface area contributed by atoms with Crippen LogP contribution in [-0.2, 0) is 11.8 Å². The average Bonchev–Trinajstić information content (AvgIpc) is 2.84. The van der Waals surface area contributed by atoms with E-state index < -0.39 is 5.60 Å². The maximum absolute atomic E-state index is 12.4. The Morgan fingerprint density at radius 3 is 2.70 bits per heavy atom. The third kappa shape index (κ3) is 3.39. The molecule has 1 aliphatic carbocycles. The summed E-state index contributed by atoms with van der Waals surface area (Å²) in [6.07, 6.45) is 8.62. The Labute approximate surface area is 120 Å². The van der Waals surface area contributed by atoms with Crippen molar-refractivity contribution in [2.24, 2.45) is 7.05 Å². The number of hydrogen-bond donors (Lipinski definition) is 1. The first kappa shape index (κ1) is 15.0. The van der Waals surface area contributed by atoms with Gasteiger partial charge in [0, 0.05) is 25.9 Å². The Morgan fingerprint density at radius 2 is 2.15 bits per heavy atom. The van der Waals surface area contributed by atoms with E-state index in [-0.39, 0.29) is 18.4 Å². The standard InChI is InChI=1S/C15H25N3O2/c1-12(13-10-16-17(2)11-13)18(3)14(19)9-15(20)7-5-4-6-8-15/h10-12,20H,4-9H2,1-3H3. The maximum atomic E-state index is 12.4. The fourth-order valence-electron chi connectivity index (χ4n) is 2.89. The molecule has 5 nitrogen and oxygen atoms in total. The van der Waals surface area contributed by atoms with Crippen molar-refractivity contribution in [1.82, 2.24) is 14.7 Å². The molecule has 1 atom stereocenters. The smallest absolute Gasteiger partial charge is 0.225 e. The van der Waals surface area contributed by atoms with E-state index in [4.69, 9.17) is 0 Å². The summed E-state index contributed by atoms with van der Waals surface area (Å²) < 4.78 is 1.73. The molecule has 112 valence electrons. The number of aromatic nitrogens is 2. The van der Waals surface area contributed by atoms with Crippen molar-refractivity contribution in [2.45, 2.75) is 57.1 Å². The predicted octanol–water partition coefficient (Wildman–Crippen LogP) is 2.02. The second-order valence-corrected chi connectivity index (χ2v) is 6.09. The van der Waals surface area contributed by atoms with Gasteiger partial charge >= 0.3 is 0 Å². The molecule has 20 heavy (non-hydrogen) atoms. The number of aryl methyl sites for hydroxylation is 1. The van der Waals surface area contributed by atoms with Crippen molar-refractivity contribution in [3.8, 4) is 0 Å². The van der Waals surface area contributed by atoms with E-state index in [2.05, 4.69) is 5.10 Å². The summed E-state index contributed by atoms with van der Waals surface area (Å²) in [4.78, 5) is 14.1. The van der Waals surface area contributed by atoms with Crippen LogP contribution in [0.3, 0.4) is 0 Å². The molecule has 1 N–H and O–H groups in total. The molecule has 0 radical (unpaired) electrons. The van der Waals surface area contributed by atoms with Gasteiger partial charge in [0.15, 0.2) is 0 Å². The highest BCUT2D eigenvalue weighted by Crippen LogP contribution is 2.32. The van der Waals surface area contributed by atoms with E-state index in [1.54, 1.807) is 22.8 Å². The molecule has 1 aromatic rings. The van der Waals surface area contributed by atoms with Gasteiger partial charge < -0.3 is 10.0 Å². The third-order valence-electron chi connectivity index (χ3n) is 4.45. The van der Waals surface area contributed by atoms with E-state index in [1.807, 2.05) is 20.2 Å². The highest BCUT2D eigenvalue weighted by atomic mass is 16.3. The van der Waals surface area contributed by atoms with Gasteiger partial charge in [-0.3, -0.25) is 9.48 Å². The van der Waals surface area contributed by atoms with Crippen LogP contribution in [0.2, 0.25) is 0 Å². The topological polar surface area (TPSA) is 58.4 Å². The highest BCUT2D eigenvalue weighted by molar-refractivity contribution is 5.77. The fraction of sp³-hybridized carbons (Fsp3) is 0.733. The van der Waals surface area contributed by atoms with E-state index in [1.165, 1.54) is 6.42 Å². The fourth-order valence-corrected chi connectivity index (χ4v) is 2.89. The molecule has 1 heterocycles. The van der Waals surface area contributed by atoms with Crippen molar-refractivity contribution >= 4 is 5.91 Å². The SMILES string of the molecule is CC(c1cnn(C)c1)N(C)C(=O)CC1(O)CCCCC1. The minimum atomic E-state index is -0.793. The van der Waals surface area contributed by atoms with Crippen LogP contribution in [0.25, 0.3) is 0 Å². The lowest BCUT2D eigenvalue weighted by molar-refractivity contribution is -0.138. The minimum Gasteiger partial charge on any atom is -0.389 e. The molecular formula is C15H25N3O2. The molecule has 0 saturated heterocycles. The van der Waals surface area contributed by atoms with Crippen molar-refractivity contribution < 1.29 is 9.90 Å². The Balaban J connectivity index is 1.97. The zero-order chi connectivity index (χ0) is 14.8. The zero-order valence-electron chi connectivity index (χ0n) is 12.7. The molecule has 2 rings (SSSR count). The lowest BCUT2D eigenvalue weighted by Crippen LogP contribution is -2.40.